The van der Waals surface area contributed by atoms with Gasteiger partial charge in [-0.3, -0.25) is 0 Å². The minimum Gasteiger partial charge on any atom is -0.493 e. The summed E-state index contributed by atoms with van der Waals surface area (Å²) in [4.78, 5) is 0. The average molecular weight is 241 g/mol. The number of aliphatic hydroxyl groups is 1. The van der Waals surface area contributed by atoms with E-state index in [1.807, 2.05) is 6.07 Å². The molecule has 1 rings (SSSR count). The maximum atomic E-state index is 8.98. The molecule has 0 radical (unpaired) electrons. The number of hydrogen-bond acceptors (Lipinski definition) is 5. The summed E-state index contributed by atoms with van der Waals surface area (Å²) in [6.45, 7) is 0.867. The van der Waals surface area contributed by atoms with Crippen molar-refractivity contribution in [3.8, 4) is 11.5 Å². The van der Waals surface area contributed by atoms with Gasteiger partial charge in [0.05, 0.1) is 26.4 Å². The Bertz CT molecular complexity index is 343. The molecule has 0 unspecified atom stereocenters. The molecule has 0 saturated heterocycles. The van der Waals surface area contributed by atoms with E-state index in [9.17, 15) is 0 Å². The molecule has 5 heteroatoms. The van der Waals surface area contributed by atoms with Gasteiger partial charge < -0.3 is 25.1 Å². The predicted octanol–water partition coefficient (Wildman–Crippen LogP) is 0.713. The summed E-state index contributed by atoms with van der Waals surface area (Å²) < 4.78 is 15.6. The van der Waals surface area contributed by atoms with E-state index in [2.05, 4.69) is 0 Å². The van der Waals surface area contributed by atoms with Crippen LogP contribution in [0.1, 0.15) is 11.6 Å². The first-order valence-electron chi connectivity index (χ1n) is 5.39. The van der Waals surface area contributed by atoms with Crippen molar-refractivity contribution in [1.82, 2.24) is 0 Å². The highest BCUT2D eigenvalue weighted by molar-refractivity contribution is 5.43. The Morgan fingerprint density at radius 1 is 1.24 bits per heavy atom. The van der Waals surface area contributed by atoms with Crippen LogP contribution in [0.15, 0.2) is 18.2 Å². The third-order valence-corrected chi connectivity index (χ3v) is 2.36. The molecule has 0 heterocycles. The van der Waals surface area contributed by atoms with E-state index >= 15 is 0 Å². The second-order valence-corrected chi connectivity index (χ2v) is 3.54. The smallest absolute Gasteiger partial charge is 0.161 e. The lowest BCUT2D eigenvalue weighted by Gasteiger charge is -2.14. The maximum absolute atomic E-state index is 8.98. The number of nitrogens with two attached hydrogens (primary N) is 1. The summed E-state index contributed by atoms with van der Waals surface area (Å²) in [6, 6.07) is 4.95. The number of methoxy groups -OCH3 is 2. The molecule has 1 aromatic carbocycles. The van der Waals surface area contributed by atoms with Gasteiger partial charge in [-0.15, -0.1) is 0 Å². The van der Waals surface area contributed by atoms with Crippen LogP contribution in [0.2, 0.25) is 0 Å². The van der Waals surface area contributed by atoms with E-state index in [0.29, 0.717) is 24.7 Å². The largest absolute Gasteiger partial charge is 0.493 e. The van der Waals surface area contributed by atoms with Gasteiger partial charge in [0.1, 0.15) is 6.61 Å². The van der Waals surface area contributed by atoms with Crippen LogP contribution < -0.4 is 15.2 Å². The molecule has 1 atom stereocenters. The molecular weight excluding hydrogens is 222 g/mol. The summed E-state index contributed by atoms with van der Waals surface area (Å²) in [5, 5.41) is 8.98. The Morgan fingerprint density at radius 3 is 2.59 bits per heavy atom. The lowest BCUT2D eigenvalue weighted by Crippen LogP contribution is -2.14. The first kappa shape index (κ1) is 13.8. The first-order chi connectivity index (χ1) is 8.22. The highest BCUT2D eigenvalue weighted by Gasteiger charge is 2.10. The fourth-order valence-electron chi connectivity index (χ4n) is 1.37. The van der Waals surface area contributed by atoms with Gasteiger partial charge >= 0.3 is 0 Å². The molecule has 0 aliphatic heterocycles. The van der Waals surface area contributed by atoms with Crippen LogP contribution in [0.25, 0.3) is 0 Å². The fraction of sp³-hybridized carbons (Fsp3) is 0.500. The van der Waals surface area contributed by atoms with E-state index in [4.69, 9.17) is 25.1 Å². The van der Waals surface area contributed by atoms with Crippen LogP contribution in [-0.2, 0) is 4.74 Å². The molecular formula is C12H19NO4. The van der Waals surface area contributed by atoms with Crippen molar-refractivity contribution in [1.29, 1.82) is 0 Å². The van der Waals surface area contributed by atoms with Crippen molar-refractivity contribution < 1.29 is 19.3 Å². The molecule has 1 aromatic rings. The molecule has 0 saturated carbocycles. The van der Waals surface area contributed by atoms with E-state index in [0.717, 1.165) is 5.56 Å². The van der Waals surface area contributed by atoms with Crippen molar-refractivity contribution in [3.05, 3.63) is 23.8 Å². The topological polar surface area (TPSA) is 73.9 Å². The zero-order valence-corrected chi connectivity index (χ0v) is 10.2. The Morgan fingerprint density at radius 2 is 2.00 bits per heavy atom. The molecule has 0 aliphatic rings. The van der Waals surface area contributed by atoms with Gasteiger partial charge in [0.15, 0.2) is 11.5 Å². The lowest BCUT2D eigenvalue weighted by molar-refractivity contribution is 0.144. The average Bonchev–Trinajstić information content (AvgIpc) is 2.38. The second-order valence-electron chi connectivity index (χ2n) is 3.54. The van der Waals surface area contributed by atoms with Crippen LogP contribution in [-0.4, -0.2) is 39.1 Å². The SMILES string of the molecule is COCCOc1ccc([C@@H](N)CO)cc1OC. The molecule has 0 spiro atoms. The standard InChI is InChI=1S/C12H19NO4/c1-15-5-6-17-11-4-3-9(10(13)8-14)7-12(11)16-2/h3-4,7,10,14H,5-6,8,13H2,1-2H3/t10-/m0/s1. The molecule has 0 aliphatic carbocycles. The summed E-state index contributed by atoms with van der Waals surface area (Å²) in [6.07, 6.45) is 0. The summed E-state index contributed by atoms with van der Waals surface area (Å²) in [5.74, 6) is 1.24. The zero-order valence-electron chi connectivity index (χ0n) is 10.2. The normalized spacial score (nSPS) is 12.2. The molecule has 96 valence electrons. The van der Waals surface area contributed by atoms with Crippen LogP contribution >= 0.6 is 0 Å². The lowest BCUT2D eigenvalue weighted by atomic mass is 10.1. The van der Waals surface area contributed by atoms with Crippen molar-refractivity contribution in [3.63, 3.8) is 0 Å². The van der Waals surface area contributed by atoms with Gasteiger partial charge in [-0.1, -0.05) is 6.07 Å². The van der Waals surface area contributed by atoms with Crippen molar-refractivity contribution >= 4 is 0 Å². The number of aliphatic hydroxyl groups excluding tert-OH is 1. The quantitative estimate of drug-likeness (QED) is 0.688. The highest BCUT2D eigenvalue weighted by Crippen LogP contribution is 2.29. The highest BCUT2D eigenvalue weighted by atomic mass is 16.5. The summed E-state index contributed by atoms with van der Waals surface area (Å²) in [5.41, 5.74) is 6.53. The van der Waals surface area contributed by atoms with Gasteiger partial charge in [-0.2, -0.15) is 0 Å². The van der Waals surface area contributed by atoms with E-state index in [1.165, 1.54) is 0 Å². The number of benzene rings is 1. The van der Waals surface area contributed by atoms with E-state index < -0.39 is 6.04 Å². The minimum atomic E-state index is -0.406. The van der Waals surface area contributed by atoms with Crippen LogP contribution in [0.5, 0.6) is 11.5 Å². The van der Waals surface area contributed by atoms with Crippen LogP contribution in [0.3, 0.4) is 0 Å². The van der Waals surface area contributed by atoms with Crippen LogP contribution in [0, 0.1) is 0 Å². The Labute approximate surface area is 101 Å². The van der Waals surface area contributed by atoms with Gasteiger partial charge in [0, 0.05) is 7.11 Å². The first-order valence-corrected chi connectivity index (χ1v) is 5.39. The fourth-order valence-corrected chi connectivity index (χ4v) is 1.37. The maximum Gasteiger partial charge on any atom is 0.161 e. The summed E-state index contributed by atoms with van der Waals surface area (Å²) in [7, 11) is 3.18. The second kappa shape index (κ2) is 7.11. The molecule has 0 amide bonds. The van der Waals surface area contributed by atoms with Gasteiger partial charge in [-0.25, -0.2) is 0 Å². The molecule has 0 bridgehead atoms. The van der Waals surface area contributed by atoms with E-state index in [1.54, 1.807) is 26.4 Å². The zero-order chi connectivity index (χ0) is 12.7. The predicted molar refractivity (Wildman–Crippen MR) is 64.4 cm³/mol. The van der Waals surface area contributed by atoms with Crippen molar-refractivity contribution in [2.24, 2.45) is 5.73 Å². The van der Waals surface area contributed by atoms with Gasteiger partial charge in [0.25, 0.3) is 0 Å². The van der Waals surface area contributed by atoms with Crippen molar-refractivity contribution in [2.75, 3.05) is 34.0 Å². The molecule has 0 fully saturated rings. The Kier molecular flexibility index (Phi) is 5.76. The summed E-state index contributed by atoms with van der Waals surface area (Å²) >= 11 is 0. The van der Waals surface area contributed by atoms with Crippen LogP contribution in [0.4, 0.5) is 0 Å². The minimum absolute atomic E-state index is 0.104. The molecule has 17 heavy (non-hydrogen) atoms. The Balaban J connectivity index is 2.78. The third-order valence-electron chi connectivity index (χ3n) is 2.36. The van der Waals surface area contributed by atoms with Gasteiger partial charge in [0.2, 0.25) is 0 Å². The Hall–Kier alpha value is -1.30. The number of rotatable bonds is 7. The molecule has 5 nitrogen and oxygen atoms in total. The monoisotopic (exact) mass is 241 g/mol. The number of hydrogen-bond donors (Lipinski definition) is 2. The molecule has 0 aromatic heterocycles. The molecule has 3 N–H and O–H groups in total. The van der Waals surface area contributed by atoms with Crippen molar-refractivity contribution in [2.45, 2.75) is 6.04 Å². The number of ether oxygens (including phenoxy) is 3. The van der Waals surface area contributed by atoms with E-state index in [-0.39, 0.29) is 6.61 Å². The third kappa shape index (κ3) is 3.89. The van der Waals surface area contributed by atoms with Gasteiger partial charge in [-0.05, 0) is 17.7 Å².